The van der Waals surface area contributed by atoms with Gasteiger partial charge in [-0.05, 0) is 31.2 Å². The van der Waals surface area contributed by atoms with E-state index >= 15 is 0 Å². The third-order valence-electron chi connectivity index (χ3n) is 5.73. The van der Waals surface area contributed by atoms with Crippen LogP contribution in [0.15, 0.2) is 30.6 Å². The number of amides is 1. The summed E-state index contributed by atoms with van der Waals surface area (Å²) in [5.74, 6) is 0.0698. The van der Waals surface area contributed by atoms with Crippen molar-refractivity contribution in [2.75, 3.05) is 31.6 Å². The fraction of sp³-hybridized carbons (Fsp3) is 0.409. The summed E-state index contributed by atoms with van der Waals surface area (Å²) in [6, 6.07) is 7.62. The van der Waals surface area contributed by atoms with Crippen LogP contribution in [0.1, 0.15) is 35.9 Å². The molecule has 30 heavy (non-hydrogen) atoms. The summed E-state index contributed by atoms with van der Waals surface area (Å²) in [4.78, 5) is 28.1. The lowest BCUT2D eigenvalue weighted by molar-refractivity contribution is 0.0672. The Balaban J connectivity index is 1.48. The van der Waals surface area contributed by atoms with Crippen LogP contribution >= 0.6 is 11.6 Å². The summed E-state index contributed by atoms with van der Waals surface area (Å²) in [6.45, 7) is 3.77. The third kappa shape index (κ3) is 3.86. The van der Waals surface area contributed by atoms with Crippen LogP contribution in [0.3, 0.4) is 0 Å². The number of hydrogen-bond acceptors (Lipinski definition) is 4. The zero-order valence-corrected chi connectivity index (χ0v) is 17.9. The highest BCUT2D eigenvalue weighted by Gasteiger charge is 2.28. The number of piperidine rings is 1. The van der Waals surface area contributed by atoms with Gasteiger partial charge in [-0.25, -0.2) is 14.4 Å². The highest BCUT2D eigenvalue weighted by molar-refractivity contribution is 6.38. The van der Waals surface area contributed by atoms with Gasteiger partial charge in [0, 0.05) is 37.6 Å². The fourth-order valence-corrected chi connectivity index (χ4v) is 4.49. The van der Waals surface area contributed by atoms with Gasteiger partial charge in [-0.3, -0.25) is 4.79 Å². The van der Waals surface area contributed by atoms with Gasteiger partial charge in [0.15, 0.2) is 11.6 Å². The van der Waals surface area contributed by atoms with E-state index in [0.717, 1.165) is 23.7 Å². The summed E-state index contributed by atoms with van der Waals surface area (Å²) in [5, 5.41) is 1.31. The minimum atomic E-state index is -0.365. The minimum Gasteiger partial charge on any atom is -0.357 e. The standard InChI is InChI=1S/C22H25ClFN5O/c1-3-16-19(24)21(26-13-25-16)28(2)11-14-7-6-10-29(12-14)22(30)20-18(23)15-8-4-5-9-17(15)27-20/h4-5,8-9,13-14,27H,3,6-7,10-12H2,1-2H3. The summed E-state index contributed by atoms with van der Waals surface area (Å²) in [6.07, 6.45) is 3.80. The van der Waals surface area contributed by atoms with E-state index < -0.39 is 0 Å². The van der Waals surface area contributed by atoms with Gasteiger partial charge in [0.25, 0.3) is 5.91 Å². The molecular formula is C22H25ClFN5O. The Hall–Kier alpha value is -2.67. The number of H-pyrrole nitrogens is 1. The molecule has 1 amide bonds. The first-order chi connectivity index (χ1) is 14.5. The molecule has 0 aliphatic carbocycles. The van der Waals surface area contributed by atoms with Gasteiger partial charge in [-0.15, -0.1) is 0 Å². The van der Waals surface area contributed by atoms with Gasteiger partial charge in [0.1, 0.15) is 12.0 Å². The number of aryl methyl sites for hydroxylation is 1. The second kappa shape index (κ2) is 8.60. The van der Waals surface area contributed by atoms with Gasteiger partial charge in [0.2, 0.25) is 0 Å². The van der Waals surface area contributed by atoms with Crippen molar-refractivity contribution in [2.45, 2.75) is 26.2 Å². The molecule has 1 N–H and O–H groups in total. The molecule has 1 aliphatic rings. The molecule has 1 fully saturated rings. The molecule has 4 rings (SSSR count). The number of benzene rings is 1. The number of likely N-dealkylation sites (tertiary alicyclic amines) is 1. The average molecular weight is 430 g/mol. The maximum atomic E-state index is 14.6. The van der Waals surface area contributed by atoms with Crippen molar-refractivity contribution >= 4 is 34.2 Å². The Morgan fingerprint density at radius 1 is 1.37 bits per heavy atom. The number of nitrogens with zero attached hydrogens (tertiary/aromatic N) is 4. The average Bonchev–Trinajstić information content (AvgIpc) is 3.10. The predicted molar refractivity (Wildman–Crippen MR) is 117 cm³/mol. The van der Waals surface area contributed by atoms with E-state index in [9.17, 15) is 9.18 Å². The van der Waals surface area contributed by atoms with E-state index in [0.29, 0.717) is 48.3 Å². The van der Waals surface area contributed by atoms with E-state index in [1.54, 1.807) is 0 Å². The van der Waals surface area contributed by atoms with Gasteiger partial charge >= 0.3 is 0 Å². The van der Waals surface area contributed by atoms with Crippen molar-refractivity contribution in [3.8, 4) is 0 Å². The Morgan fingerprint density at radius 3 is 2.93 bits per heavy atom. The number of nitrogens with one attached hydrogen (secondary N) is 1. The molecule has 0 bridgehead atoms. The van der Waals surface area contributed by atoms with Crippen LogP contribution in [0.2, 0.25) is 5.02 Å². The molecule has 6 nitrogen and oxygen atoms in total. The summed E-state index contributed by atoms with van der Waals surface area (Å²) >= 11 is 6.48. The van der Waals surface area contributed by atoms with Crippen molar-refractivity contribution in [3.63, 3.8) is 0 Å². The summed E-state index contributed by atoms with van der Waals surface area (Å²) < 4.78 is 14.6. The molecule has 1 unspecified atom stereocenters. The smallest absolute Gasteiger partial charge is 0.271 e. The number of carbonyl (C=O) groups is 1. The van der Waals surface area contributed by atoms with Crippen LogP contribution in [0, 0.1) is 11.7 Å². The van der Waals surface area contributed by atoms with E-state index in [-0.39, 0.29) is 17.6 Å². The number of halogens is 2. The molecule has 0 saturated carbocycles. The first-order valence-corrected chi connectivity index (χ1v) is 10.6. The number of anilines is 1. The molecule has 1 aliphatic heterocycles. The maximum Gasteiger partial charge on any atom is 0.271 e. The molecule has 8 heteroatoms. The number of aromatic amines is 1. The number of rotatable bonds is 5. The number of hydrogen-bond donors (Lipinski definition) is 1. The van der Waals surface area contributed by atoms with Crippen LogP contribution in [0.4, 0.5) is 10.2 Å². The van der Waals surface area contributed by atoms with Gasteiger partial charge in [-0.2, -0.15) is 0 Å². The predicted octanol–water partition coefficient (Wildman–Crippen LogP) is 4.30. The Kier molecular flexibility index (Phi) is 5.90. The lowest BCUT2D eigenvalue weighted by atomic mass is 9.97. The lowest BCUT2D eigenvalue weighted by Crippen LogP contribution is -2.43. The second-order valence-electron chi connectivity index (χ2n) is 7.81. The van der Waals surface area contributed by atoms with Crippen molar-refractivity contribution in [1.29, 1.82) is 0 Å². The Labute approximate surface area is 180 Å². The van der Waals surface area contributed by atoms with E-state index in [1.807, 2.05) is 48.0 Å². The van der Waals surface area contributed by atoms with Crippen LogP contribution in [-0.2, 0) is 6.42 Å². The van der Waals surface area contributed by atoms with Crippen LogP contribution in [-0.4, -0.2) is 52.4 Å². The number of aromatic nitrogens is 3. The number of carbonyl (C=O) groups excluding carboxylic acids is 1. The van der Waals surface area contributed by atoms with Crippen molar-refractivity contribution in [3.05, 3.63) is 52.8 Å². The highest BCUT2D eigenvalue weighted by atomic mass is 35.5. The minimum absolute atomic E-state index is 0.0926. The first-order valence-electron chi connectivity index (χ1n) is 10.3. The monoisotopic (exact) mass is 429 g/mol. The van der Waals surface area contributed by atoms with Gasteiger partial charge in [-0.1, -0.05) is 36.7 Å². The zero-order valence-electron chi connectivity index (χ0n) is 17.2. The Bertz CT molecular complexity index is 1070. The fourth-order valence-electron chi connectivity index (χ4n) is 4.19. The van der Waals surface area contributed by atoms with Crippen LogP contribution in [0.5, 0.6) is 0 Å². The normalized spacial score (nSPS) is 16.8. The number of para-hydroxylation sites is 1. The number of fused-ring (bicyclic) bond motifs is 1. The molecular weight excluding hydrogens is 405 g/mol. The molecule has 3 aromatic rings. The van der Waals surface area contributed by atoms with E-state index in [4.69, 9.17) is 11.6 Å². The molecule has 0 spiro atoms. The Morgan fingerprint density at radius 2 is 2.17 bits per heavy atom. The molecule has 0 radical (unpaired) electrons. The second-order valence-corrected chi connectivity index (χ2v) is 8.19. The quantitative estimate of drug-likeness (QED) is 0.656. The largest absolute Gasteiger partial charge is 0.357 e. The van der Waals surface area contributed by atoms with Crippen molar-refractivity contribution in [1.82, 2.24) is 19.9 Å². The molecule has 1 aromatic carbocycles. The summed E-state index contributed by atoms with van der Waals surface area (Å²) in [7, 11) is 1.83. The highest BCUT2D eigenvalue weighted by Crippen LogP contribution is 2.29. The van der Waals surface area contributed by atoms with Gasteiger partial charge in [0.05, 0.1) is 10.7 Å². The van der Waals surface area contributed by atoms with Crippen LogP contribution in [0.25, 0.3) is 10.9 Å². The molecule has 1 atom stereocenters. The lowest BCUT2D eigenvalue weighted by Gasteiger charge is -2.35. The molecule has 3 heterocycles. The van der Waals surface area contributed by atoms with Gasteiger partial charge < -0.3 is 14.8 Å². The zero-order chi connectivity index (χ0) is 21.3. The maximum absolute atomic E-state index is 14.6. The topological polar surface area (TPSA) is 65.1 Å². The molecule has 2 aromatic heterocycles. The third-order valence-corrected chi connectivity index (χ3v) is 6.13. The van der Waals surface area contributed by atoms with E-state index in [1.165, 1.54) is 6.33 Å². The molecule has 158 valence electrons. The van der Waals surface area contributed by atoms with Crippen molar-refractivity contribution < 1.29 is 9.18 Å². The van der Waals surface area contributed by atoms with Crippen molar-refractivity contribution in [2.24, 2.45) is 5.92 Å². The first kappa shape index (κ1) is 20.6. The van der Waals surface area contributed by atoms with E-state index in [2.05, 4.69) is 15.0 Å². The summed E-state index contributed by atoms with van der Waals surface area (Å²) in [5.41, 5.74) is 1.70. The molecule has 1 saturated heterocycles. The SMILES string of the molecule is CCc1ncnc(N(C)CC2CCCN(C(=O)c3[nH]c4ccccc4c3Cl)C2)c1F. The van der Waals surface area contributed by atoms with Crippen LogP contribution < -0.4 is 4.90 Å².